The zero-order valence-corrected chi connectivity index (χ0v) is 20.5. The van der Waals surface area contributed by atoms with Crippen molar-refractivity contribution in [2.24, 2.45) is 17.3 Å². The number of urea groups is 1. The maximum atomic E-state index is 12.9. The molecule has 0 radical (unpaired) electrons. The second kappa shape index (κ2) is 11.7. The molecule has 1 fully saturated rings. The predicted molar refractivity (Wildman–Crippen MR) is 130 cm³/mol. The molecule has 0 aromatic rings. The molecule has 1 heterocycles. The summed E-state index contributed by atoms with van der Waals surface area (Å²) in [7, 11) is 0. The number of carbonyl (C=O) groups excluding carboxylic acids is 1. The largest absolute Gasteiger partial charge is 0.481 e. The van der Waals surface area contributed by atoms with E-state index in [1.165, 1.54) is 5.57 Å². The molecule has 3 unspecified atom stereocenters. The summed E-state index contributed by atoms with van der Waals surface area (Å²) in [5.41, 5.74) is 2.38. The number of nitrogens with zero attached hydrogens (tertiary/aromatic N) is 1. The van der Waals surface area contributed by atoms with Crippen LogP contribution in [-0.4, -0.2) is 46.5 Å². The molecule has 2 N–H and O–H groups in total. The molecule has 1 aliphatic carbocycles. The van der Waals surface area contributed by atoms with Crippen LogP contribution in [0.15, 0.2) is 48.6 Å². The monoisotopic (exact) mass is 492 g/mol. The van der Waals surface area contributed by atoms with E-state index in [0.717, 1.165) is 43.0 Å². The number of rotatable bonds is 10. The number of amides is 2. The molecule has 1 spiro atoms. The Morgan fingerprint density at radius 2 is 2.03 bits per heavy atom. The first-order valence-electron chi connectivity index (χ1n) is 11.3. The predicted octanol–water partition coefficient (Wildman–Crippen LogP) is 5.70. The van der Waals surface area contributed by atoms with E-state index in [1.807, 2.05) is 23.1 Å². The number of hydrogen-bond acceptors (Lipinski definition) is 2. The van der Waals surface area contributed by atoms with Crippen molar-refractivity contribution in [1.82, 2.24) is 10.2 Å². The fourth-order valence-corrected chi connectivity index (χ4v) is 6.18. The summed E-state index contributed by atoms with van der Waals surface area (Å²) in [5.74, 6) is -0.367. The Balaban J connectivity index is 2.11. The quantitative estimate of drug-likeness (QED) is 0.233. The molecule has 6 heteroatoms. The van der Waals surface area contributed by atoms with Crippen LogP contribution in [0.25, 0.3) is 0 Å². The smallest absolute Gasteiger partial charge is 0.317 e. The van der Waals surface area contributed by atoms with Crippen LogP contribution >= 0.6 is 15.9 Å². The second-order valence-corrected chi connectivity index (χ2v) is 9.42. The Kier molecular flexibility index (Phi) is 9.60. The normalized spacial score (nSPS) is 22.5. The molecular weight excluding hydrogens is 456 g/mol. The van der Waals surface area contributed by atoms with Crippen LogP contribution in [0.1, 0.15) is 52.4 Å². The van der Waals surface area contributed by atoms with E-state index in [4.69, 9.17) is 0 Å². The number of likely N-dealkylation sites (tertiary alicyclic amines) is 1. The van der Waals surface area contributed by atoms with Gasteiger partial charge in [0, 0.05) is 24.5 Å². The Hall–Kier alpha value is -1.82. The van der Waals surface area contributed by atoms with Gasteiger partial charge < -0.3 is 15.3 Å². The third-order valence-electron chi connectivity index (χ3n) is 7.09. The van der Waals surface area contributed by atoms with Crippen molar-refractivity contribution in [2.75, 3.05) is 18.4 Å². The summed E-state index contributed by atoms with van der Waals surface area (Å²) in [6.45, 7) is 13.2. The molecule has 0 aromatic carbocycles. The first-order valence-corrected chi connectivity index (χ1v) is 12.4. The minimum atomic E-state index is -0.767. The Morgan fingerprint density at radius 3 is 2.55 bits per heavy atom. The maximum absolute atomic E-state index is 12.9. The number of piperidine rings is 1. The zero-order valence-electron chi connectivity index (χ0n) is 18.9. The fraction of sp³-hybridized carbons (Fsp3) is 0.600. The molecule has 0 aromatic heterocycles. The molecule has 0 saturated carbocycles. The number of aliphatic carboxylic acids is 1. The first-order chi connectivity index (χ1) is 14.8. The number of halogens is 1. The van der Waals surface area contributed by atoms with Gasteiger partial charge in [0.1, 0.15) is 0 Å². The number of carboxylic acid groups (broad SMARTS) is 1. The highest BCUT2D eigenvalue weighted by Gasteiger charge is 2.47. The molecule has 0 bridgehead atoms. The van der Waals surface area contributed by atoms with Gasteiger partial charge in [0.05, 0.1) is 6.42 Å². The highest BCUT2D eigenvalue weighted by molar-refractivity contribution is 9.09. The van der Waals surface area contributed by atoms with Crippen molar-refractivity contribution in [3.8, 4) is 0 Å². The van der Waals surface area contributed by atoms with Crippen LogP contribution in [0.4, 0.5) is 4.79 Å². The van der Waals surface area contributed by atoms with Gasteiger partial charge in [-0.15, -0.1) is 6.58 Å². The van der Waals surface area contributed by atoms with E-state index in [0.29, 0.717) is 19.0 Å². The Labute approximate surface area is 195 Å². The van der Waals surface area contributed by atoms with Crippen molar-refractivity contribution < 1.29 is 14.7 Å². The standard InChI is InChI=1S/C25H37BrN2O3/c1-5-8-10-21-20(15-23(29)30)16-25(22(21)17-26)11-13-28(14-12-25)24(31)27-18(4)19(7-3)9-6-2/h5-6,8,10,18-20H,1-2,7,9,11-17H2,3-4H3,(H,27,31)(H,29,30)/b10-8-. The zero-order chi connectivity index (χ0) is 23.0. The van der Waals surface area contributed by atoms with Gasteiger partial charge in [-0.3, -0.25) is 4.79 Å². The van der Waals surface area contributed by atoms with E-state index in [-0.39, 0.29) is 29.8 Å². The lowest BCUT2D eigenvalue weighted by Crippen LogP contribution is -2.50. The molecule has 31 heavy (non-hydrogen) atoms. The average Bonchev–Trinajstić information content (AvgIpc) is 3.01. The lowest BCUT2D eigenvalue weighted by Gasteiger charge is -2.42. The van der Waals surface area contributed by atoms with Gasteiger partial charge >= 0.3 is 12.0 Å². The Bertz CT molecular complexity index is 735. The van der Waals surface area contributed by atoms with Crippen molar-refractivity contribution >= 4 is 27.9 Å². The van der Waals surface area contributed by atoms with Crippen molar-refractivity contribution in [1.29, 1.82) is 0 Å². The molecular formula is C25H37BrN2O3. The van der Waals surface area contributed by atoms with E-state index < -0.39 is 5.97 Å². The van der Waals surface area contributed by atoms with Crippen LogP contribution in [0.3, 0.4) is 0 Å². The van der Waals surface area contributed by atoms with Gasteiger partial charge in [-0.2, -0.15) is 0 Å². The van der Waals surface area contributed by atoms with E-state index in [1.54, 1.807) is 6.08 Å². The second-order valence-electron chi connectivity index (χ2n) is 8.86. The summed E-state index contributed by atoms with van der Waals surface area (Å²) >= 11 is 3.66. The SMILES string of the molecule is C=C/C=C\C1=C(CBr)C2(CCN(C(=O)NC(C)C(CC)CC=C)CC2)CC1CC(=O)O. The molecule has 2 aliphatic rings. The molecule has 2 amide bonds. The van der Waals surface area contributed by atoms with Crippen LogP contribution in [0, 0.1) is 17.3 Å². The van der Waals surface area contributed by atoms with Gasteiger partial charge in [-0.05, 0) is 61.0 Å². The third kappa shape index (κ3) is 6.12. The van der Waals surface area contributed by atoms with Crippen LogP contribution in [0.5, 0.6) is 0 Å². The maximum Gasteiger partial charge on any atom is 0.317 e. The highest BCUT2D eigenvalue weighted by Crippen LogP contribution is 2.54. The number of nitrogens with one attached hydrogen (secondary N) is 1. The molecule has 1 aliphatic heterocycles. The molecule has 5 nitrogen and oxygen atoms in total. The lowest BCUT2D eigenvalue weighted by atomic mass is 9.72. The van der Waals surface area contributed by atoms with Crippen LogP contribution in [0.2, 0.25) is 0 Å². The number of carbonyl (C=O) groups is 2. The topological polar surface area (TPSA) is 69.6 Å². The first kappa shape index (κ1) is 25.4. The van der Waals surface area contributed by atoms with Crippen molar-refractivity contribution in [3.05, 3.63) is 48.6 Å². The summed E-state index contributed by atoms with van der Waals surface area (Å²) in [5, 5.41) is 13.3. The van der Waals surface area contributed by atoms with E-state index >= 15 is 0 Å². The van der Waals surface area contributed by atoms with Crippen LogP contribution < -0.4 is 5.32 Å². The number of alkyl halides is 1. The molecule has 172 valence electrons. The summed E-state index contributed by atoms with van der Waals surface area (Å²) in [6.07, 6.45) is 12.2. The number of hydrogen-bond donors (Lipinski definition) is 2. The van der Waals surface area contributed by atoms with Crippen molar-refractivity contribution in [2.45, 2.75) is 58.4 Å². The van der Waals surface area contributed by atoms with Gasteiger partial charge in [-0.25, -0.2) is 4.79 Å². The van der Waals surface area contributed by atoms with Crippen molar-refractivity contribution in [3.63, 3.8) is 0 Å². The number of carboxylic acids is 1. The van der Waals surface area contributed by atoms with Gasteiger partial charge in [0.2, 0.25) is 0 Å². The van der Waals surface area contributed by atoms with E-state index in [2.05, 4.69) is 48.3 Å². The third-order valence-corrected chi connectivity index (χ3v) is 7.65. The average molecular weight is 493 g/mol. The van der Waals surface area contributed by atoms with E-state index in [9.17, 15) is 14.7 Å². The molecule has 2 rings (SSSR count). The minimum absolute atomic E-state index is 0.00101. The minimum Gasteiger partial charge on any atom is -0.481 e. The summed E-state index contributed by atoms with van der Waals surface area (Å²) < 4.78 is 0. The summed E-state index contributed by atoms with van der Waals surface area (Å²) in [4.78, 5) is 26.3. The van der Waals surface area contributed by atoms with Crippen LogP contribution in [-0.2, 0) is 4.79 Å². The summed E-state index contributed by atoms with van der Waals surface area (Å²) in [6, 6.07) is 0.104. The number of allylic oxidation sites excluding steroid dienone is 6. The van der Waals surface area contributed by atoms with Gasteiger partial charge in [0.25, 0.3) is 0 Å². The highest BCUT2D eigenvalue weighted by atomic mass is 79.9. The Morgan fingerprint density at radius 1 is 1.35 bits per heavy atom. The van der Waals surface area contributed by atoms with Gasteiger partial charge in [-0.1, -0.05) is 60.2 Å². The molecule has 3 atom stereocenters. The lowest BCUT2D eigenvalue weighted by molar-refractivity contribution is -0.137. The van der Waals surface area contributed by atoms with Gasteiger partial charge in [0.15, 0.2) is 0 Å². The fourth-order valence-electron chi connectivity index (χ4n) is 5.26. The molecule has 1 saturated heterocycles.